The Hall–Kier alpha value is -1.91. The van der Waals surface area contributed by atoms with Crippen LogP contribution in [-0.4, -0.2) is 27.4 Å². The second-order valence-electron chi connectivity index (χ2n) is 7.60. The van der Waals surface area contributed by atoms with Crippen molar-refractivity contribution in [2.24, 2.45) is 17.8 Å². The molecule has 0 spiro atoms. The maximum Gasteiger partial charge on any atom is 0.303 e. The van der Waals surface area contributed by atoms with Crippen LogP contribution in [0, 0.1) is 17.8 Å². The van der Waals surface area contributed by atoms with Crippen molar-refractivity contribution in [2.75, 3.05) is 0 Å². The molecule has 0 saturated heterocycles. The summed E-state index contributed by atoms with van der Waals surface area (Å²) >= 11 is 0. The minimum absolute atomic E-state index is 0.0864. The molecule has 0 amide bonds. The van der Waals surface area contributed by atoms with Crippen LogP contribution in [0.4, 0.5) is 0 Å². The molecule has 4 heteroatoms. The molecular weight excluding hydrogens is 328 g/mol. The summed E-state index contributed by atoms with van der Waals surface area (Å²) in [5.41, 5.74) is 2.26. The number of unbranched alkanes of at least 4 members (excludes halogenated alkanes) is 1. The normalized spacial score (nSPS) is 30.8. The fourth-order valence-electron chi connectivity index (χ4n) is 4.49. The van der Waals surface area contributed by atoms with Crippen molar-refractivity contribution in [1.29, 1.82) is 0 Å². The average molecular weight is 356 g/mol. The van der Waals surface area contributed by atoms with Crippen LogP contribution in [-0.2, 0) is 4.79 Å². The molecule has 0 aromatic heterocycles. The average Bonchev–Trinajstić information content (AvgIpc) is 3.14. The van der Waals surface area contributed by atoms with E-state index in [1.54, 1.807) is 6.08 Å². The third-order valence-corrected chi connectivity index (χ3v) is 5.80. The molecule has 2 aliphatic rings. The van der Waals surface area contributed by atoms with Gasteiger partial charge in [0.15, 0.2) is 0 Å². The number of carbonyl (C=O) groups is 1. The van der Waals surface area contributed by atoms with Crippen LogP contribution in [0.1, 0.15) is 50.2 Å². The molecule has 2 fully saturated rings. The van der Waals surface area contributed by atoms with E-state index in [0.29, 0.717) is 18.3 Å². The molecule has 26 heavy (non-hydrogen) atoms. The summed E-state index contributed by atoms with van der Waals surface area (Å²) in [5, 5.41) is 29.5. The maximum absolute atomic E-state index is 10.6. The van der Waals surface area contributed by atoms with Crippen LogP contribution >= 0.6 is 0 Å². The predicted molar refractivity (Wildman–Crippen MR) is 100 cm³/mol. The summed E-state index contributed by atoms with van der Waals surface area (Å²) in [6.07, 6.45) is 9.55. The molecule has 3 N–H and O–H groups in total. The highest BCUT2D eigenvalue weighted by Crippen LogP contribution is 2.50. The zero-order valence-corrected chi connectivity index (χ0v) is 15.0. The molecule has 0 aliphatic heterocycles. The summed E-state index contributed by atoms with van der Waals surface area (Å²) in [4.78, 5) is 10.6. The van der Waals surface area contributed by atoms with E-state index in [9.17, 15) is 15.0 Å². The van der Waals surface area contributed by atoms with Gasteiger partial charge in [-0.05, 0) is 49.5 Å². The third-order valence-electron chi connectivity index (χ3n) is 5.80. The lowest BCUT2D eigenvalue weighted by molar-refractivity contribution is -0.137. The Bertz CT molecular complexity index is 664. The van der Waals surface area contributed by atoms with Gasteiger partial charge in [0.2, 0.25) is 0 Å². The van der Waals surface area contributed by atoms with E-state index in [-0.39, 0.29) is 18.4 Å². The number of aliphatic hydroxyl groups is 2. The number of fused-ring (bicyclic) bond motifs is 1. The van der Waals surface area contributed by atoms with Gasteiger partial charge in [-0.2, -0.15) is 0 Å². The number of benzene rings is 1. The molecule has 0 unspecified atom stereocenters. The molecule has 3 rings (SSSR count). The zero-order valence-electron chi connectivity index (χ0n) is 15.0. The molecule has 5 atom stereocenters. The Morgan fingerprint density at radius 3 is 2.73 bits per heavy atom. The number of aliphatic carboxylic acids is 1. The second kappa shape index (κ2) is 8.65. The van der Waals surface area contributed by atoms with Crippen LogP contribution in [0.15, 0.2) is 54.1 Å². The lowest BCUT2D eigenvalue weighted by Gasteiger charge is -2.18. The van der Waals surface area contributed by atoms with E-state index in [1.165, 1.54) is 5.57 Å². The van der Waals surface area contributed by atoms with E-state index in [0.717, 1.165) is 31.2 Å². The number of rotatable bonds is 7. The van der Waals surface area contributed by atoms with Crippen molar-refractivity contribution < 1.29 is 20.1 Å². The number of hydrogen-bond donors (Lipinski definition) is 3. The summed E-state index contributed by atoms with van der Waals surface area (Å²) < 4.78 is 0. The minimum atomic E-state index is -0.739. The van der Waals surface area contributed by atoms with Gasteiger partial charge in [-0.25, -0.2) is 0 Å². The molecule has 4 nitrogen and oxygen atoms in total. The lowest BCUT2D eigenvalue weighted by atomic mass is 9.90. The minimum Gasteiger partial charge on any atom is -0.481 e. The van der Waals surface area contributed by atoms with Crippen molar-refractivity contribution in [3.63, 3.8) is 0 Å². The molecule has 1 aromatic rings. The first-order valence-electron chi connectivity index (χ1n) is 9.53. The van der Waals surface area contributed by atoms with Gasteiger partial charge in [0.25, 0.3) is 0 Å². The van der Waals surface area contributed by atoms with Crippen LogP contribution in [0.25, 0.3) is 0 Å². The highest BCUT2D eigenvalue weighted by atomic mass is 16.4. The Morgan fingerprint density at radius 2 is 2.00 bits per heavy atom. The molecule has 140 valence electrons. The highest BCUT2D eigenvalue weighted by molar-refractivity contribution is 5.66. The highest BCUT2D eigenvalue weighted by Gasteiger charge is 2.44. The molecule has 0 radical (unpaired) electrons. The van der Waals surface area contributed by atoms with E-state index < -0.39 is 12.1 Å². The van der Waals surface area contributed by atoms with Gasteiger partial charge >= 0.3 is 5.97 Å². The number of hydrogen-bond acceptors (Lipinski definition) is 3. The molecule has 2 saturated carbocycles. The summed E-state index contributed by atoms with van der Waals surface area (Å²) in [5.74, 6) is 0.273. The van der Waals surface area contributed by atoms with E-state index >= 15 is 0 Å². The molecular formula is C22H28O4. The first-order chi connectivity index (χ1) is 12.5. The summed E-state index contributed by atoms with van der Waals surface area (Å²) in [6.45, 7) is 0. The number of aliphatic hydroxyl groups excluding tert-OH is 2. The van der Waals surface area contributed by atoms with Crippen molar-refractivity contribution in [3.05, 3.63) is 59.7 Å². The lowest BCUT2D eigenvalue weighted by Crippen LogP contribution is -2.17. The molecule has 0 bridgehead atoms. The topological polar surface area (TPSA) is 77.8 Å². The number of carboxylic acid groups (broad SMARTS) is 1. The Kier molecular flexibility index (Phi) is 6.28. The van der Waals surface area contributed by atoms with Crippen LogP contribution < -0.4 is 0 Å². The van der Waals surface area contributed by atoms with Crippen molar-refractivity contribution >= 4 is 5.97 Å². The standard InChI is InChI=1S/C22H28O4/c23-20(16-7-2-1-3-8-16)11-10-18-19-13-15(6-4-5-9-22(25)26)12-17(19)14-21(18)24/h1-3,6-8,10-11,17-21,23-24H,4-5,9,12-14H2,(H,25,26)/b11-10+,15-6+/t17-,18-,19+,20+,21-/m1/s1. The molecule has 1 aromatic carbocycles. The molecule has 2 aliphatic carbocycles. The first-order valence-corrected chi connectivity index (χ1v) is 9.53. The van der Waals surface area contributed by atoms with Crippen molar-refractivity contribution in [3.8, 4) is 0 Å². The van der Waals surface area contributed by atoms with E-state index in [1.807, 2.05) is 36.4 Å². The second-order valence-corrected chi connectivity index (χ2v) is 7.60. The first kappa shape index (κ1) is 18.9. The number of allylic oxidation sites excluding steroid dienone is 2. The Morgan fingerprint density at radius 1 is 1.23 bits per heavy atom. The van der Waals surface area contributed by atoms with Gasteiger partial charge in [0, 0.05) is 12.3 Å². The van der Waals surface area contributed by atoms with E-state index in [2.05, 4.69) is 6.08 Å². The maximum atomic E-state index is 10.6. The number of carboxylic acids is 1. The largest absolute Gasteiger partial charge is 0.481 e. The summed E-state index contributed by atoms with van der Waals surface area (Å²) in [7, 11) is 0. The SMILES string of the molecule is O=C(O)CCC/C=C1\C[C@@H]2C[C@@H](O)[C@H](/C=C/[C@H](O)c3ccccc3)[C@H]2C1. The quantitative estimate of drug-likeness (QED) is 0.512. The van der Waals surface area contributed by atoms with Crippen LogP contribution in [0.5, 0.6) is 0 Å². The van der Waals surface area contributed by atoms with Gasteiger partial charge in [-0.15, -0.1) is 0 Å². The van der Waals surface area contributed by atoms with Gasteiger partial charge in [0.05, 0.1) is 12.2 Å². The van der Waals surface area contributed by atoms with Crippen LogP contribution in [0.3, 0.4) is 0 Å². The van der Waals surface area contributed by atoms with Gasteiger partial charge in [0.1, 0.15) is 0 Å². The van der Waals surface area contributed by atoms with Crippen molar-refractivity contribution in [2.45, 2.75) is 50.7 Å². The Labute approximate surface area is 154 Å². The van der Waals surface area contributed by atoms with Crippen molar-refractivity contribution in [1.82, 2.24) is 0 Å². The smallest absolute Gasteiger partial charge is 0.303 e. The van der Waals surface area contributed by atoms with Gasteiger partial charge in [-0.1, -0.05) is 54.1 Å². The van der Waals surface area contributed by atoms with E-state index in [4.69, 9.17) is 5.11 Å². The Balaban J connectivity index is 1.58. The third kappa shape index (κ3) is 4.63. The van der Waals surface area contributed by atoms with Crippen LogP contribution in [0.2, 0.25) is 0 Å². The van der Waals surface area contributed by atoms with Gasteiger partial charge in [-0.3, -0.25) is 4.79 Å². The fourth-order valence-corrected chi connectivity index (χ4v) is 4.49. The predicted octanol–water partition coefficient (Wildman–Crippen LogP) is 3.86. The monoisotopic (exact) mass is 356 g/mol. The fraction of sp³-hybridized carbons (Fsp3) is 0.500. The zero-order chi connectivity index (χ0) is 18.5. The summed E-state index contributed by atoms with van der Waals surface area (Å²) in [6, 6.07) is 9.54. The van der Waals surface area contributed by atoms with Gasteiger partial charge < -0.3 is 15.3 Å². The molecule has 0 heterocycles.